The van der Waals surface area contributed by atoms with Crippen LogP contribution in [0, 0.1) is 11.6 Å². The fourth-order valence-electron chi connectivity index (χ4n) is 4.10. The van der Waals surface area contributed by atoms with Gasteiger partial charge in [-0.25, -0.2) is 13.8 Å². The van der Waals surface area contributed by atoms with E-state index in [0.717, 1.165) is 6.07 Å². The fourth-order valence-corrected chi connectivity index (χ4v) is 4.10. The van der Waals surface area contributed by atoms with Crippen LogP contribution in [0.3, 0.4) is 0 Å². The Kier molecular flexibility index (Phi) is 8.48. The van der Waals surface area contributed by atoms with Gasteiger partial charge in [-0.15, -0.1) is 12.4 Å². The van der Waals surface area contributed by atoms with Crippen molar-refractivity contribution < 1.29 is 27.8 Å². The summed E-state index contributed by atoms with van der Waals surface area (Å²) in [5, 5.41) is 2.53. The first-order valence-corrected chi connectivity index (χ1v) is 11.9. The molecule has 12 heteroatoms. The monoisotopic (exact) mass is 580 g/mol. The zero-order valence-corrected chi connectivity index (χ0v) is 22.8. The van der Waals surface area contributed by atoms with Crippen molar-refractivity contribution in [3.8, 4) is 34.3 Å². The molecule has 0 atom stereocenters. The lowest BCUT2D eigenvalue weighted by molar-refractivity contribution is 0.102. The lowest BCUT2D eigenvalue weighted by Crippen LogP contribution is -2.24. The van der Waals surface area contributed by atoms with E-state index < -0.39 is 23.0 Å². The van der Waals surface area contributed by atoms with Gasteiger partial charge in [-0.2, -0.15) is 0 Å². The van der Waals surface area contributed by atoms with Crippen LogP contribution >= 0.6 is 12.4 Å². The van der Waals surface area contributed by atoms with Crippen LogP contribution in [-0.4, -0.2) is 34.7 Å². The van der Waals surface area contributed by atoms with Gasteiger partial charge in [0.1, 0.15) is 16.9 Å². The van der Waals surface area contributed by atoms with Gasteiger partial charge < -0.3 is 24.1 Å². The minimum atomic E-state index is -0.773. The van der Waals surface area contributed by atoms with Gasteiger partial charge in [0, 0.05) is 55.1 Å². The van der Waals surface area contributed by atoms with Crippen LogP contribution in [0.5, 0.6) is 23.1 Å². The number of rotatable bonds is 7. The van der Waals surface area contributed by atoms with Gasteiger partial charge in [-0.1, -0.05) is 12.1 Å². The first-order valence-electron chi connectivity index (χ1n) is 11.9. The van der Waals surface area contributed by atoms with Crippen molar-refractivity contribution in [3.05, 3.63) is 101 Å². The first kappa shape index (κ1) is 29.0. The summed E-state index contributed by atoms with van der Waals surface area (Å²) >= 11 is 0. The van der Waals surface area contributed by atoms with E-state index in [2.05, 4.69) is 15.3 Å². The van der Waals surface area contributed by atoms with Crippen molar-refractivity contribution in [2.24, 2.45) is 7.05 Å². The maximum Gasteiger partial charge on any atom is 0.261 e. The molecule has 3 heterocycles. The molecule has 210 valence electrons. The molecular formula is C29H23ClF2N4O5. The molecule has 41 heavy (non-hydrogen) atoms. The van der Waals surface area contributed by atoms with E-state index in [1.165, 1.54) is 73.8 Å². The summed E-state index contributed by atoms with van der Waals surface area (Å²) < 4.78 is 46.6. The molecule has 5 aromatic rings. The number of aromatic nitrogens is 3. The van der Waals surface area contributed by atoms with Crippen LogP contribution in [0.1, 0.15) is 10.4 Å². The highest BCUT2D eigenvalue weighted by atomic mass is 35.5. The van der Waals surface area contributed by atoms with Crippen molar-refractivity contribution >= 4 is 35.0 Å². The minimum Gasteiger partial charge on any atom is -0.491 e. The van der Waals surface area contributed by atoms with E-state index in [1.54, 1.807) is 19.2 Å². The Bertz CT molecular complexity index is 1830. The fraction of sp³-hybridized carbons (Fsp3) is 0.103. The molecule has 1 N–H and O–H groups in total. The summed E-state index contributed by atoms with van der Waals surface area (Å²) in [6, 6.07) is 12.5. The number of carbonyl (C=O) groups is 1. The summed E-state index contributed by atoms with van der Waals surface area (Å²) in [5.41, 5.74) is 0.563. The number of pyridine rings is 3. The third kappa shape index (κ3) is 5.94. The normalized spacial score (nSPS) is 10.6. The summed E-state index contributed by atoms with van der Waals surface area (Å²) in [7, 11) is 4.54. The second-order valence-electron chi connectivity index (χ2n) is 8.67. The van der Waals surface area contributed by atoms with Crippen LogP contribution in [0.25, 0.3) is 22.2 Å². The Morgan fingerprint density at radius 3 is 2.46 bits per heavy atom. The van der Waals surface area contributed by atoms with Crippen molar-refractivity contribution in [1.29, 1.82) is 0 Å². The quantitative estimate of drug-likeness (QED) is 0.261. The molecule has 1 amide bonds. The highest BCUT2D eigenvalue weighted by Crippen LogP contribution is 2.35. The SMILES string of the molecule is COc1cc2nccc(Oc3ccc(NC(=O)c4cn(C)cc(-c5cccc(F)c5)c4=O)cc3F)c2nc1OC.Cl. The summed E-state index contributed by atoms with van der Waals surface area (Å²) in [6.07, 6.45) is 4.33. The standard InChI is InChI=1S/C29H22F2N4O5.ClH/c1-35-14-19(16-5-4-6-17(30)11-16)27(36)20(15-35)28(37)33-18-7-8-23(21(31)12-18)40-24-9-10-32-22-13-25(38-2)29(39-3)34-26(22)24;/h4-15H,1-3H3,(H,33,37);1H. The molecule has 0 radical (unpaired) electrons. The molecule has 0 fully saturated rings. The predicted octanol–water partition coefficient (Wildman–Crippen LogP) is 5.76. The first-order chi connectivity index (χ1) is 19.3. The maximum atomic E-state index is 15.1. The van der Waals surface area contributed by atoms with Gasteiger partial charge >= 0.3 is 0 Å². The van der Waals surface area contributed by atoms with E-state index in [4.69, 9.17) is 14.2 Å². The molecule has 9 nitrogen and oxygen atoms in total. The van der Waals surface area contributed by atoms with E-state index in [1.807, 2.05) is 0 Å². The van der Waals surface area contributed by atoms with Gasteiger partial charge in [-0.3, -0.25) is 14.6 Å². The number of benzene rings is 2. The number of ether oxygens (including phenoxy) is 3. The highest BCUT2D eigenvalue weighted by Gasteiger charge is 2.18. The number of halogens is 3. The van der Waals surface area contributed by atoms with Gasteiger partial charge in [0.15, 0.2) is 23.1 Å². The Balaban J connectivity index is 0.00000387. The summed E-state index contributed by atoms with van der Waals surface area (Å²) in [5.74, 6) is -1.37. The molecule has 0 saturated heterocycles. The van der Waals surface area contributed by atoms with Crippen molar-refractivity contribution in [1.82, 2.24) is 14.5 Å². The third-order valence-electron chi connectivity index (χ3n) is 5.97. The number of amides is 1. The number of hydrogen-bond donors (Lipinski definition) is 1. The Morgan fingerprint density at radius 1 is 0.951 bits per heavy atom. The Hall–Kier alpha value is -5.03. The van der Waals surface area contributed by atoms with Crippen molar-refractivity contribution in [2.75, 3.05) is 19.5 Å². The molecule has 2 aromatic carbocycles. The molecule has 0 aliphatic heterocycles. The number of nitrogens with one attached hydrogen (secondary N) is 1. The number of carbonyl (C=O) groups excluding carboxylic acids is 1. The summed E-state index contributed by atoms with van der Waals surface area (Å²) in [4.78, 5) is 34.7. The van der Waals surface area contributed by atoms with Gasteiger partial charge in [0.25, 0.3) is 11.8 Å². The molecule has 0 aliphatic rings. The Labute approximate surface area is 238 Å². The molecule has 0 aliphatic carbocycles. The van der Waals surface area contributed by atoms with E-state index >= 15 is 4.39 Å². The number of fused-ring (bicyclic) bond motifs is 1. The van der Waals surface area contributed by atoms with E-state index in [0.29, 0.717) is 22.3 Å². The maximum absolute atomic E-state index is 15.1. The van der Waals surface area contributed by atoms with Gasteiger partial charge in [-0.05, 0) is 29.8 Å². The van der Waals surface area contributed by atoms with Crippen LogP contribution in [0.15, 0.2) is 78.0 Å². The number of anilines is 1. The summed E-state index contributed by atoms with van der Waals surface area (Å²) in [6.45, 7) is 0. The molecule has 0 spiro atoms. The largest absolute Gasteiger partial charge is 0.491 e. The Morgan fingerprint density at radius 2 is 1.76 bits per heavy atom. The smallest absolute Gasteiger partial charge is 0.261 e. The number of nitrogens with zero attached hydrogens (tertiary/aromatic N) is 3. The minimum absolute atomic E-state index is 0. The molecule has 5 rings (SSSR count). The van der Waals surface area contributed by atoms with Crippen LogP contribution in [0.4, 0.5) is 14.5 Å². The van der Waals surface area contributed by atoms with Crippen LogP contribution < -0.4 is 25.0 Å². The lowest BCUT2D eigenvalue weighted by Gasteiger charge is -2.13. The van der Waals surface area contributed by atoms with Gasteiger partial charge in [0.05, 0.1) is 19.7 Å². The third-order valence-corrected chi connectivity index (χ3v) is 5.97. The number of methoxy groups -OCH3 is 2. The zero-order chi connectivity index (χ0) is 28.4. The van der Waals surface area contributed by atoms with Crippen LogP contribution in [-0.2, 0) is 7.05 Å². The number of aryl methyl sites for hydroxylation is 1. The topological polar surface area (TPSA) is 105 Å². The predicted molar refractivity (Wildman–Crippen MR) is 151 cm³/mol. The average Bonchev–Trinajstić information content (AvgIpc) is 2.94. The highest BCUT2D eigenvalue weighted by molar-refractivity contribution is 6.04. The van der Waals surface area contributed by atoms with Crippen LogP contribution in [0.2, 0.25) is 0 Å². The molecule has 3 aromatic heterocycles. The molecule has 0 bridgehead atoms. The van der Waals surface area contributed by atoms with Crippen molar-refractivity contribution in [3.63, 3.8) is 0 Å². The molecule has 0 unspecified atom stereocenters. The molecule has 0 saturated carbocycles. The van der Waals surface area contributed by atoms with Gasteiger partial charge in [0.2, 0.25) is 5.43 Å². The van der Waals surface area contributed by atoms with Crippen molar-refractivity contribution in [2.45, 2.75) is 0 Å². The second-order valence-corrected chi connectivity index (χ2v) is 8.67. The van der Waals surface area contributed by atoms with E-state index in [-0.39, 0.29) is 46.6 Å². The molecular weight excluding hydrogens is 558 g/mol. The second kappa shape index (κ2) is 12.0. The lowest BCUT2D eigenvalue weighted by atomic mass is 10.0. The zero-order valence-electron chi connectivity index (χ0n) is 22.0. The van der Waals surface area contributed by atoms with E-state index in [9.17, 15) is 14.0 Å². The average molecular weight is 581 g/mol. The number of hydrogen-bond acceptors (Lipinski definition) is 7.